The largest absolute Gasteiger partial charge is 0.573 e. The first-order valence-corrected chi connectivity index (χ1v) is 6.83. The Labute approximate surface area is 135 Å². The lowest BCUT2D eigenvalue weighted by molar-refractivity contribution is -0.274. The molecular weight excluding hydrogens is 319 g/mol. The molecule has 0 amide bonds. The average molecular weight is 329 g/mol. The third-order valence-electron chi connectivity index (χ3n) is 2.94. The van der Waals surface area contributed by atoms with Crippen LogP contribution in [0.4, 0.5) is 13.2 Å². The molecule has 120 valence electrons. The molecule has 3 aromatic rings. The van der Waals surface area contributed by atoms with E-state index in [1.165, 1.54) is 28.9 Å². The number of alkyl halides is 3. The van der Waals surface area contributed by atoms with E-state index in [2.05, 4.69) is 26.7 Å². The minimum absolute atomic E-state index is 0.281. The minimum atomic E-state index is -4.71. The molecule has 0 spiro atoms. The van der Waals surface area contributed by atoms with Crippen LogP contribution >= 0.6 is 0 Å². The molecule has 4 nitrogen and oxygen atoms in total. The molecule has 2 heterocycles. The maximum absolute atomic E-state index is 12.1. The zero-order valence-electron chi connectivity index (χ0n) is 12.2. The number of nitrogens with zero attached hydrogens (tertiary/aromatic N) is 3. The average Bonchev–Trinajstić information content (AvgIpc) is 3.02. The van der Waals surface area contributed by atoms with Crippen molar-refractivity contribution in [1.29, 1.82) is 0 Å². The molecule has 0 unspecified atom stereocenters. The van der Waals surface area contributed by atoms with Crippen molar-refractivity contribution in [3.05, 3.63) is 72.3 Å². The van der Waals surface area contributed by atoms with Crippen molar-refractivity contribution in [3.63, 3.8) is 0 Å². The van der Waals surface area contributed by atoms with Crippen LogP contribution in [0.3, 0.4) is 0 Å². The Morgan fingerprint density at radius 2 is 1.62 bits per heavy atom. The predicted molar refractivity (Wildman–Crippen MR) is 80.5 cm³/mol. The lowest BCUT2D eigenvalue weighted by atomic mass is 10.2. The first-order chi connectivity index (χ1) is 11.5. The molecule has 0 N–H and O–H groups in total. The van der Waals surface area contributed by atoms with E-state index in [9.17, 15) is 13.2 Å². The standard InChI is InChI=1S/C17H10F3N3O/c18-17(19,20)24-16-5-3-15(4-6-16)23-12-9-14(22-23)2-1-13-7-10-21-11-8-13/h3-12H. The molecule has 3 rings (SSSR count). The van der Waals surface area contributed by atoms with Crippen molar-refractivity contribution in [3.8, 4) is 23.3 Å². The Kier molecular flexibility index (Phi) is 4.20. The van der Waals surface area contributed by atoms with Crippen LogP contribution in [0.5, 0.6) is 5.75 Å². The zero-order chi connectivity index (χ0) is 17.0. The fraction of sp³-hybridized carbons (Fsp3) is 0.0588. The number of rotatable bonds is 2. The molecule has 0 aliphatic heterocycles. The van der Waals surface area contributed by atoms with Gasteiger partial charge in [0.2, 0.25) is 0 Å². The smallest absolute Gasteiger partial charge is 0.406 e. The number of hydrogen-bond donors (Lipinski definition) is 0. The molecule has 0 saturated heterocycles. The molecule has 0 atom stereocenters. The molecule has 7 heteroatoms. The molecule has 0 bridgehead atoms. The highest BCUT2D eigenvalue weighted by Gasteiger charge is 2.30. The molecular formula is C17H10F3N3O. The number of aromatic nitrogens is 3. The van der Waals surface area contributed by atoms with E-state index in [4.69, 9.17) is 0 Å². The van der Waals surface area contributed by atoms with Crippen LogP contribution < -0.4 is 4.74 Å². The Balaban J connectivity index is 1.75. The van der Waals surface area contributed by atoms with E-state index in [0.29, 0.717) is 11.4 Å². The summed E-state index contributed by atoms with van der Waals surface area (Å²) in [4.78, 5) is 3.91. The highest BCUT2D eigenvalue weighted by Crippen LogP contribution is 2.23. The SMILES string of the molecule is FC(F)(F)Oc1ccc(-n2ccc(C#Cc3ccncc3)n2)cc1. The maximum atomic E-state index is 12.1. The van der Waals surface area contributed by atoms with Gasteiger partial charge in [0, 0.05) is 24.2 Å². The van der Waals surface area contributed by atoms with Crippen molar-refractivity contribution in [2.75, 3.05) is 0 Å². The van der Waals surface area contributed by atoms with Gasteiger partial charge in [0.1, 0.15) is 11.4 Å². The molecule has 0 aliphatic rings. The Hall–Kier alpha value is -3.27. The van der Waals surface area contributed by atoms with Crippen LogP contribution in [-0.2, 0) is 0 Å². The summed E-state index contributed by atoms with van der Waals surface area (Å²) in [5, 5.41) is 4.26. The molecule has 2 aromatic heterocycles. The van der Waals surface area contributed by atoms with Crippen LogP contribution in [-0.4, -0.2) is 21.1 Å². The van der Waals surface area contributed by atoms with Gasteiger partial charge < -0.3 is 4.74 Å². The van der Waals surface area contributed by atoms with Crippen molar-refractivity contribution in [2.45, 2.75) is 6.36 Å². The first kappa shape index (κ1) is 15.6. The minimum Gasteiger partial charge on any atom is -0.406 e. The summed E-state index contributed by atoms with van der Waals surface area (Å²) < 4.78 is 41.8. The Morgan fingerprint density at radius 1 is 0.917 bits per heavy atom. The van der Waals surface area contributed by atoms with Gasteiger partial charge in [-0.1, -0.05) is 5.92 Å². The molecule has 1 aromatic carbocycles. The summed E-state index contributed by atoms with van der Waals surface area (Å²) >= 11 is 0. The van der Waals surface area contributed by atoms with Gasteiger partial charge in [0.05, 0.1) is 5.69 Å². The third kappa shape index (κ3) is 4.14. The monoisotopic (exact) mass is 329 g/mol. The van der Waals surface area contributed by atoms with Crippen LogP contribution in [0.1, 0.15) is 11.3 Å². The second kappa shape index (κ2) is 6.46. The van der Waals surface area contributed by atoms with Crippen LogP contribution in [0, 0.1) is 11.8 Å². The number of pyridine rings is 1. The highest BCUT2D eigenvalue weighted by atomic mass is 19.4. The molecule has 0 radical (unpaired) electrons. The third-order valence-corrected chi connectivity index (χ3v) is 2.94. The van der Waals surface area contributed by atoms with Gasteiger partial charge in [-0.25, -0.2) is 4.68 Å². The van der Waals surface area contributed by atoms with Gasteiger partial charge >= 0.3 is 6.36 Å². The van der Waals surface area contributed by atoms with Crippen LogP contribution in [0.15, 0.2) is 61.1 Å². The van der Waals surface area contributed by atoms with E-state index in [1.54, 1.807) is 36.8 Å². The first-order valence-electron chi connectivity index (χ1n) is 6.83. The normalized spacial score (nSPS) is 10.8. The van der Waals surface area contributed by atoms with Crippen LogP contribution in [0.25, 0.3) is 5.69 Å². The van der Waals surface area contributed by atoms with E-state index >= 15 is 0 Å². The van der Waals surface area contributed by atoms with Gasteiger partial charge in [-0.3, -0.25) is 4.98 Å². The number of hydrogen-bond acceptors (Lipinski definition) is 3. The molecule has 0 fully saturated rings. The van der Waals surface area contributed by atoms with Crippen molar-refractivity contribution in [2.24, 2.45) is 0 Å². The molecule has 0 saturated carbocycles. The van der Waals surface area contributed by atoms with Crippen molar-refractivity contribution >= 4 is 0 Å². The van der Waals surface area contributed by atoms with Crippen molar-refractivity contribution in [1.82, 2.24) is 14.8 Å². The van der Waals surface area contributed by atoms with Crippen LogP contribution in [0.2, 0.25) is 0 Å². The zero-order valence-corrected chi connectivity index (χ0v) is 12.2. The van der Waals surface area contributed by atoms with Crippen molar-refractivity contribution < 1.29 is 17.9 Å². The second-order valence-corrected chi connectivity index (χ2v) is 4.67. The Bertz CT molecular complexity index is 875. The number of benzene rings is 1. The summed E-state index contributed by atoms with van der Waals surface area (Å²) in [5.74, 6) is 5.58. The Morgan fingerprint density at radius 3 is 2.29 bits per heavy atom. The van der Waals surface area contributed by atoms with Gasteiger partial charge in [-0.15, -0.1) is 13.2 Å². The number of ether oxygens (including phenoxy) is 1. The molecule has 24 heavy (non-hydrogen) atoms. The summed E-state index contributed by atoms with van der Waals surface area (Å²) in [6.45, 7) is 0. The summed E-state index contributed by atoms with van der Waals surface area (Å²) in [7, 11) is 0. The van der Waals surface area contributed by atoms with Gasteiger partial charge in [-0.05, 0) is 48.4 Å². The topological polar surface area (TPSA) is 39.9 Å². The lowest BCUT2D eigenvalue weighted by Gasteiger charge is -2.09. The fourth-order valence-electron chi connectivity index (χ4n) is 1.91. The lowest BCUT2D eigenvalue weighted by Crippen LogP contribution is -2.17. The maximum Gasteiger partial charge on any atom is 0.573 e. The van der Waals surface area contributed by atoms with Gasteiger partial charge in [0.25, 0.3) is 0 Å². The predicted octanol–water partition coefficient (Wildman–Crippen LogP) is 3.57. The summed E-state index contributed by atoms with van der Waals surface area (Å²) in [5.41, 5.74) is 1.96. The highest BCUT2D eigenvalue weighted by molar-refractivity contribution is 5.41. The molecule has 0 aliphatic carbocycles. The fourth-order valence-corrected chi connectivity index (χ4v) is 1.91. The van der Waals surface area contributed by atoms with E-state index in [-0.39, 0.29) is 5.75 Å². The quantitative estimate of drug-likeness (QED) is 0.675. The second-order valence-electron chi connectivity index (χ2n) is 4.67. The van der Waals surface area contributed by atoms with Gasteiger partial charge in [0.15, 0.2) is 0 Å². The summed E-state index contributed by atoms with van der Waals surface area (Å²) in [6, 6.07) is 10.7. The summed E-state index contributed by atoms with van der Waals surface area (Å²) in [6.07, 6.45) is 0.263. The van der Waals surface area contributed by atoms with E-state index in [0.717, 1.165) is 5.56 Å². The van der Waals surface area contributed by atoms with E-state index in [1.807, 2.05) is 0 Å². The number of halogens is 3. The van der Waals surface area contributed by atoms with Gasteiger partial charge in [-0.2, -0.15) is 5.10 Å². The van der Waals surface area contributed by atoms with E-state index < -0.39 is 6.36 Å².